The molecule has 2 unspecified atom stereocenters. The molecule has 0 aromatic heterocycles. The van der Waals surface area contributed by atoms with Gasteiger partial charge in [-0.15, -0.1) is 0 Å². The third kappa shape index (κ3) is 2.47. The van der Waals surface area contributed by atoms with E-state index in [-0.39, 0.29) is 0 Å². The average molecular weight is 232 g/mol. The van der Waals surface area contributed by atoms with Crippen molar-refractivity contribution in [1.29, 1.82) is 0 Å². The summed E-state index contributed by atoms with van der Waals surface area (Å²) >= 11 is 0. The third-order valence-electron chi connectivity index (χ3n) is 3.04. The largest absolute Gasteiger partial charge is 0.530 e. The van der Waals surface area contributed by atoms with Gasteiger partial charge in [0.05, 0.1) is 11.6 Å². The monoisotopic (exact) mass is 232 g/mol. The first-order valence-electron chi connectivity index (χ1n) is 5.51. The van der Waals surface area contributed by atoms with Crippen molar-refractivity contribution in [2.75, 3.05) is 0 Å². The molecule has 1 aliphatic carbocycles. The van der Waals surface area contributed by atoms with Crippen LogP contribution >= 0.6 is 0 Å². The summed E-state index contributed by atoms with van der Waals surface area (Å²) in [6.45, 7) is 0. The summed E-state index contributed by atoms with van der Waals surface area (Å²) in [6, 6.07) is 9.46. The zero-order valence-corrected chi connectivity index (χ0v) is 9.30. The van der Waals surface area contributed by atoms with Gasteiger partial charge >= 0.3 is 0 Å². The van der Waals surface area contributed by atoms with Gasteiger partial charge in [0.25, 0.3) is 0 Å². The van der Waals surface area contributed by atoms with Gasteiger partial charge in [-0.1, -0.05) is 42.5 Å². The second-order valence-electron chi connectivity index (χ2n) is 4.27. The molecule has 2 rings (SSSR count). The van der Waals surface area contributed by atoms with Gasteiger partial charge in [-0.25, -0.2) is 0 Å². The van der Waals surface area contributed by atoms with Crippen LogP contribution < -0.4 is 10.4 Å². The fourth-order valence-electron chi connectivity index (χ4n) is 2.20. The van der Waals surface area contributed by atoms with E-state index < -0.39 is 17.7 Å². The summed E-state index contributed by atoms with van der Waals surface area (Å²) in [6.07, 6.45) is 2.24. The van der Waals surface area contributed by atoms with E-state index in [1.807, 2.05) is 30.3 Å². The molecule has 0 radical (unpaired) electrons. The Hall–Kier alpha value is -1.81. The lowest BCUT2D eigenvalue weighted by molar-refractivity contribution is -0.253. The van der Waals surface area contributed by atoms with Crippen LogP contribution in [0.2, 0.25) is 0 Å². The van der Waals surface area contributed by atoms with E-state index in [1.54, 1.807) is 12.2 Å². The zero-order valence-electron chi connectivity index (χ0n) is 9.30. The van der Waals surface area contributed by atoms with E-state index in [9.17, 15) is 15.0 Å². The van der Waals surface area contributed by atoms with Crippen molar-refractivity contribution in [3.63, 3.8) is 0 Å². The van der Waals surface area contributed by atoms with E-state index in [1.165, 1.54) is 0 Å². The molecule has 4 heteroatoms. The molecule has 0 heterocycles. The summed E-state index contributed by atoms with van der Waals surface area (Å²) in [7, 11) is 0. The van der Waals surface area contributed by atoms with Crippen LogP contribution in [0.1, 0.15) is 12.0 Å². The first kappa shape index (κ1) is 11.7. The Morgan fingerprint density at radius 2 is 2.18 bits per heavy atom. The topological polar surface area (TPSA) is 72.4 Å². The molecule has 0 fully saturated rings. The van der Waals surface area contributed by atoms with Gasteiger partial charge in [0, 0.05) is 6.42 Å². The Bertz CT molecular complexity index is 430. The smallest absolute Gasteiger partial charge is 0.134 e. The number of hydrogen-bond donors (Lipinski definition) is 2. The lowest BCUT2D eigenvalue weighted by atomic mass is 9.88. The summed E-state index contributed by atoms with van der Waals surface area (Å²) in [5, 5.41) is 23.0. The quantitative estimate of drug-likeness (QED) is 0.732. The fourth-order valence-corrected chi connectivity index (χ4v) is 2.20. The van der Waals surface area contributed by atoms with Crippen molar-refractivity contribution in [2.24, 2.45) is 0 Å². The molecule has 1 amide bonds. The molecule has 1 aromatic carbocycles. The lowest BCUT2D eigenvalue weighted by Gasteiger charge is -2.34. The van der Waals surface area contributed by atoms with Gasteiger partial charge in [0.1, 0.15) is 6.09 Å². The predicted octanol–water partition coefficient (Wildman–Crippen LogP) is 0.222. The maximum absolute atomic E-state index is 10.7. The van der Waals surface area contributed by atoms with Crippen molar-refractivity contribution in [3.8, 4) is 0 Å². The Morgan fingerprint density at radius 3 is 2.71 bits per heavy atom. The fraction of sp³-hybridized carbons (Fsp3) is 0.308. The second-order valence-corrected chi connectivity index (χ2v) is 4.27. The number of hydrogen-bond acceptors (Lipinski definition) is 3. The van der Waals surface area contributed by atoms with Crippen LogP contribution in [0, 0.1) is 0 Å². The zero-order chi connectivity index (χ0) is 12.3. The van der Waals surface area contributed by atoms with Crippen LogP contribution in [0.25, 0.3) is 0 Å². The molecular weight excluding hydrogens is 218 g/mol. The van der Waals surface area contributed by atoms with Crippen molar-refractivity contribution < 1.29 is 15.0 Å². The SMILES string of the molecule is O=C([O-])NC1(Cc2ccccc2)C=CCC1O. The third-order valence-corrected chi connectivity index (χ3v) is 3.04. The summed E-state index contributed by atoms with van der Waals surface area (Å²) < 4.78 is 0. The Labute approximate surface area is 99.6 Å². The summed E-state index contributed by atoms with van der Waals surface area (Å²) in [5.74, 6) is 0. The number of aliphatic hydroxyl groups is 1. The molecule has 0 saturated heterocycles. The van der Waals surface area contributed by atoms with Gasteiger partial charge in [-0.2, -0.15) is 0 Å². The number of amides is 1. The maximum atomic E-state index is 10.7. The average Bonchev–Trinajstić information content (AvgIpc) is 2.61. The molecule has 0 spiro atoms. The summed E-state index contributed by atoms with van der Waals surface area (Å²) in [5.41, 5.74) is 0.00653. The van der Waals surface area contributed by atoms with Crippen LogP contribution in [-0.2, 0) is 6.42 Å². The van der Waals surface area contributed by atoms with Crippen LogP contribution in [0.5, 0.6) is 0 Å². The molecule has 2 N–H and O–H groups in total. The number of carbonyl (C=O) groups is 1. The highest BCUT2D eigenvalue weighted by Gasteiger charge is 2.38. The van der Waals surface area contributed by atoms with Gasteiger partial charge in [0.2, 0.25) is 0 Å². The minimum atomic E-state index is -1.37. The van der Waals surface area contributed by atoms with E-state index in [0.29, 0.717) is 12.8 Å². The molecule has 0 saturated carbocycles. The van der Waals surface area contributed by atoms with Gasteiger partial charge in [-0.05, 0) is 12.0 Å². The Kier molecular flexibility index (Phi) is 3.15. The maximum Gasteiger partial charge on any atom is 0.134 e. The van der Waals surface area contributed by atoms with Crippen molar-refractivity contribution in [1.82, 2.24) is 5.32 Å². The molecule has 4 nitrogen and oxygen atoms in total. The van der Waals surface area contributed by atoms with E-state index in [2.05, 4.69) is 5.32 Å². The van der Waals surface area contributed by atoms with Crippen LogP contribution in [0.15, 0.2) is 42.5 Å². The first-order chi connectivity index (χ1) is 8.12. The van der Waals surface area contributed by atoms with Gasteiger partial charge < -0.3 is 20.3 Å². The first-order valence-corrected chi connectivity index (χ1v) is 5.51. The molecule has 0 aliphatic heterocycles. The van der Waals surface area contributed by atoms with Crippen LogP contribution in [0.3, 0.4) is 0 Å². The minimum Gasteiger partial charge on any atom is -0.530 e. The number of carbonyl (C=O) groups excluding carboxylic acids is 1. The molecule has 0 bridgehead atoms. The normalized spacial score (nSPS) is 27.0. The molecular formula is C13H14NO3-. The van der Waals surface area contributed by atoms with Crippen molar-refractivity contribution in [3.05, 3.63) is 48.0 Å². The highest BCUT2D eigenvalue weighted by molar-refractivity contribution is 5.64. The van der Waals surface area contributed by atoms with Crippen molar-refractivity contribution >= 4 is 6.09 Å². The predicted molar refractivity (Wildman–Crippen MR) is 61.2 cm³/mol. The van der Waals surface area contributed by atoms with Gasteiger partial charge in [0.15, 0.2) is 0 Å². The second kappa shape index (κ2) is 4.59. The molecule has 1 aliphatic rings. The highest BCUT2D eigenvalue weighted by Crippen LogP contribution is 2.27. The Morgan fingerprint density at radius 1 is 1.47 bits per heavy atom. The molecule has 90 valence electrons. The Balaban J connectivity index is 2.23. The molecule has 17 heavy (non-hydrogen) atoms. The standard InChI is InChI=1S/C13H15NO3/c15-11-7-4-8-13(11,14-12(16)17)9-10-5-2-1-3-6-10/h1-6,8,11,14-15H,7,9H2,(H,16,17)/p-1. The van der Waals surface area contributed by atoms with Crippen molar-refractivity contribution in [2.45, 2.75) is 24.5 Å². The van der Waals surface area contributed by atoms with E-state index >= 15 is 0 Å². The summed E-state index contributed by atoms with van der Waals surface area (Å²) in [4.78, 5) is 10.7. The lowest BCUT2D eigenvalue weighted by Crippen LogP contribution is -2.58. The van der Waals surface area contributed by atoms with Crippen LogP contribution in [0.4, 0.5) is 4.79 Å². The number of benzene rings is 1. The molecule has 2 atom stereocenters. The minimum absolute atomic E-state index is 0.416. The number of rotatable bonds is 3. The van der Waals surface area contributed by atoms with Gasteiger partial charge in [-0.3, -0.25) is 0 Å². The van der Waals surface area contributed by atoms with E-state index in [0.717, 1.165) is 5.56 Å². The molecule has 1 aromatic rings. The van der Waals surface area contributed by atoms with Crippen LogP contribution in [-0.4, -0.2) is 22.8 Å². The number of nitrogens with one attached hydrogen (secondary N) is 1. The number of aliphatic hydroxyl groups excluding tert-OH is 1. The highest BCUT2D eigenvalue weighted by atomic mass is 16.4. The number of carboxylic acid groups (broad SMARTS) is 1. The van der Waals surface area contributed by atoms with E-state index in [4.69, 9.17) is 0 Å².